The SMILES string of the molecule is O=C(C1CCCCC1)N(Cc1cn[nH]c1)c1nc2ccc(F)cc2s1. The van der Waals surface area contributed by atoms with Crippen molar-refractivity contribution in [2.45, 2.75) is 38.6 Å². The van der Waals surface area contributed by atoms with E-state index in [1.807, 2.05) is 0 Å². The number of aromatic nitrogens is 3. The Morgan fingerprint density at radius 1 is 1.32 bits per heavy atom. The first-order chi connectivity index (χ1) is 12.2. The molecule has 0 saturated heterocycles. The molecule has 1 amide bonds. The molecule has 130 valence electrons. The number of thiazole rings is 1. The molecular formula is C18H19FN4OS. The topological polar surface area (TPSA) is 61.9 Å². The van der Waals surface area contributed by atoms with Crippen LogP contribution < -0.4 is 4.90 Å². The minimum Gasteiger partial charge on any atom is -0.285 e. The highest BCUT2D eigenvalue weighted by atomic mass is 32.1. The number of hydrogen-bond donors (Lipinski definition) is 1. The summed E-state index contributed by atoms with van der Waals surface area (Å²) in [6.07, 6.45) is 8.76. The van der Waals surface area contributed by atoms with Crippen LogP contribution in [0.4, 0.5) is 9.52 Å². The summed E-state index contributed by atoms with van der Waals surface area (Å²) in [6, 6.07) is 4.53. The molecule has 1 saturated carbocycles. The average Bonchev–Trinajstić information content (AvgIpc) is 3.28. The molecular weight excluding hydrogens is 339 g/mol. The molecule has 0 spiro atoms. The van der Waals surface area contributed by atoms with E-state index in [4.69, 9.17) is 0 Å². The molecule has 1 aliphatic carbocycles. The molecule has 5 nitrogen and oxygen atoms in total. The van der Waals surface area contributed by atoms with Crippen molar-refractivity contribution in [1.82, 2.24) is 15.2 Å². The Hall–Kier alpha value is -2.28. The molecule has 4 rings (SSSR count). The fourth-order valence-corrected chi connectivity index (χ4v) is 4.35. The summed E-state index contributed by atoms with van der Waals surface area (Å²) in [4.78, 5) is 19.5. The fourth-order valence-electron chi connectivity index (χ4n) is 3.36. The van der Waals surface area contributed by atoms with Gasteiger partial charge in [-0.05, 0) is 31.0 Å². The van der Waals surface area contributed by atoms with Crippen LogP contribution in [0.3, 0.4) is 0 Å². The number of H-pyrrole nitrogens is 1. The average molecular weight is 358 g/mol. The van der Waals surface area contributed by atoms with Crippen LogP contribution in [0.15, 0.2) is 30.6 Å². The van der Waals surface area contributed by atoms with E-state index >= 15 is 0 Å². The van der Waals surface area contributed by atoms with Gasteiger partial charge in [-0.3, -0.25) is 14.8 Å². The summed E-state index contributed by atoms with van der Waals surface area (Å²) in [7, 11) is 0. The summed E-state index contributed by atoms with van der Waals surface area (Å²) in [5, 5.41) is 7.37. The monoisotopic (exact) mass is 358 g/mol. The highest BCUT2D eigenvalue weighted by molar-refractivity contribution is 7.22. The predicted molar refractivity (Wildman–Crippen MR) is 95.9 cm³/mol. The number of nitrogens with zero attached hydrogens (tertiary/aromatic N) is 3. The van der Waals surface area contributed by atoms with Crippen LogP contribution in [0.25, 0.3) is 10.2 Å². The number of carbonyl (C=O) groups is 1. The van der Waals surface area contributed by atoms with E-state index in [9.17, 15) is 9.18 Å². The van der Waals surface area contributed by atoms with Crippen molar-refractivity contribution >= 4 is 32.6 Å². The quantitative estimate of drug-likeness (QED) is 0.757. The third kappa shape index (κ3) is 3.42. The molecule has 25 heavy (non-hydrogen) atoms. The zero-order chi connectivity index (χ0) is 17.2. The Bertz CT molecular complexity index is 870. The Kier molecular flexibility index (Phi) is 4.48. The van der Waals surface area contributed by atoms with Gasteiger partial charge < -0.3 is 0 Å². The number of rotatable bonds is 4. The molecule has 1 fully saturated rings. The van der Waals surface area contributed by atoms with Gasteiger partial charge >= 0.3 is 0 Å². The molecule has 1 aliphatic rings. The number of amides is 1. The molecule has 0 atom stereocenters. The Balaban J connectivity index is 1.68. The number of benzene rings is 1. The second kappa shape index (κ2) is 6.92. The lowest BCUT2D eigenvalue weighted by Crippen LogP contribution is -2.36. The van der Waals surface area contributed by atoms with E-state index in [2.05, 4.69) is 15.2 Å². The number of halogens is 1. The normalized spacial score (nSPS) is 15.6. The van der Waals surface area contributed by atoms with Gasteiger partial charge in [-0.2, -0.15) is 5.10 Å². The first kappa shape index (κ1) is 16.2. The van der Waals surface area contributed by atoms with E-state index in [-0.39, 0.29) is 17.6 Å². The number of nitrogens with one attached hydrogen (secondary N) is 1. The number of hydrogen-bond acceptors (Lipinski definition) is 4. The van der Waals surface area contributed by atoms with Crippen LogP contribution in [0.1, 0.15) is 37.7 Å². The van der Waals surface area contributed by atoms with Crippen molar-refractivity contribution in [3.05, 3.63) is 42.0 Å². The van der Waals surface area contributed by atoms with Crippen LogP contribution >= 0.6 is 11.3 Å². The van der Waals surface area contributed by atoms with Crippen molar-refractivity contribution in [2.24, 2.45) is 5.92 Å². The van der Waals surface area contributed by atoms with E-state index in [1.54, 1.807) is 23.4 Å². The van der Waals surface area contributed by atoms with E-state index < -0.39 is 0 Å². The lowest BCUT2D eigenvalue weighted by Gasteiger charge is -2.27. The highest BCUT2D eigenvalue weighted by Gasteiger charge is 2.29. The van der Waals surface area contributed by atoms with Gasteiger partial charge in [-0.25, -0.2) is 9.37 Å². The van der Waals surface area contributed by atoms with Gasteiger partial charge in [-0.15, -0.1) is 0 Å². The maximum absolute atomic E-state index is 13.5. The largest absolute Gasteiger partial charge is 0.285 e. The molecule has 0 aliphatic heterocycles. The Morgan fingerprint density at radius 3 is 2.92 bits per heavy atom. The Morgan fingerprint density at radius 2 is 2.16 bits per heavy atom. The number of aromatic amines is 1. The second-order valence-corrected chi connectivity index (χ2v) is 7.48. The minimum absolute atomic E-state index is 0.0457. The van der Waals surface area contributed by atoms with Gasteiger partial charge in [0, 0.05) is 17.7 Å². The molecule has 0 unspecified atom stereocenters. The summed E-state index contributed by atoms with van der Waals surface area (Å²) in [5.41, 5.74) is 1.64. The van der Waals surface area contributed by atoms with Gasteiger partial charge in [0.15, 0.2) is 5.13 Å². The summed E-state index contributed by atoms with van der Waals surface area (Å²) in [6.45, 7) is 0.425. The van der Waals surface area contributed by atoms with Crippen molar-refractivity contribution in [1.29, 1.82) is 0 Å². The third-order valence-electron chi connectivity index (χ3n) is 4.69. The van der Waals surface area contributed by atoms with Crippen LogP contribution in [0.2, 0.25) is 0 Å². The van der Waals surface area contributed by atoms with Gasteiger partial charge in [0.2, 0.25) is 5.91 Å². The van der Waals surface area contributed by atoms with Gasteiger partial charge in [0.25, 0.3) is 0 Å². The van der Waals surface area contributed by atoms with E-state index in [1.165, 1.54) is 29.9 Å². The summed E-state index contributed by atoms with van der Waals surface area (Å²) >= 11 is 1.36. The van der Waals surface area contributed by atoms with Crippen LogP contribution in [0.5, 0.6) is 0 Å². The van der Waals surface area contributed by atoms with Crippen molar-refractivity contribution in [3.8, 4) is 0 Å². The lowest BCUT2D eigenvalue weighted by molar-refractivity contribution is -0.123. The predicted octanol–water partition coefficient (Wildman–Crippen LogP) is 4.27. The highest BCUT2D eigenvalue weighted by Crippen LogP contribution is 2.33. The van der Waals surface area contributed by atoms with Crippen molar-refractivity contribution in [2.75, 3.05) is 4.90 Å². The number of anilines is 1. The van der Waals surface area contributed by atoms with Crippen LogP contribution in [0, 0.1) is 11.7 Å². The zero-order valence-electron chi connectivity index (χ0n) is 13.7. The maximum atomic E-state index is 13.5. The molecule has 1 N–H and O–H groups in total. The zero-order valence-corrected chi connectivity index (χ0v) is 14.6. The molecule has 1 aromatic carbocycles. The first-order valence-electron chi connectivity index (χ1n) is 8.56. The fraction of sp³-hybridized carbons (Fsp3) is 0.389. The standard InChI is InChI=1S/C18H19FN4OS/c19-14-6-7-15-16(8-14)25-18(22-15)23(11-12-9-20-21-10-12)17(24)13-4-2-1-3-5-13/h6-10,13H,1-5,11H2,(H,20,21). The molecule has 2 heterocycles. The van der Waals surface area contributed by atoms with Crippen molar-refractivity contribution < 1.29 is 9.18 Å². The summed E-state index contributed by atoms with van der Waals surface area (Å²) < 4.78 is 14.2. The molecule has 0 bridgehead atoms. The first-order valence-corrected chi connectivity index (χ1v) is 9.37. The van der Waals surface area contributed by atoms with Gasteiger partial charge in [0.1, 0.15) is 5.82 Å². The van der Waals surface area contributed by atoms with Crippen LogP contribution in [-0.4, -0.2) is 21.1 Å². The Labute approximate surface area is 148 Å². The van der Waals surface area contributed by atoms with Gasteiger partial charge in [-0.1, -0.05) is 30.6 Å². The molecule has 2 aromatic heterocycles. The summed E-state index contributed by atoms with van der Waals surface area (Å²) in [5.74, 6) is -0.132. The molecule has 3 aromatic rings. The minimum atomic E-state index is -0.289. The van der Waals surface area contributed by atoms with Crippen molar-refractivity contribution in [3.63, 3.8) is 0 Å². The lowest BCUT2D eigenvalue weighted by atomic mass is 9.88. The smallest absolute Gasteiger partial charge is 0.232 e. The molecule has 7 heteroatoms. The van der Waals surface area contributed by atoms with E-state index in [0.717, 1.165) is 41.5 Å². The second-order valence-electron chi connectivity index (χ2n) is 6.47. The van der Waals surface area contributed by atoms with E-state index in [0.29, 0.717) is 11.7 Å². The molecule has 0 radical (unpaired) electrons. The number of carbonyl (C=O) groups excluding carboxylic acids is 1. The maximum Gasteiger partial charge on any atom is 0.232 e. The van der Waals surface area contributed by atoms with Gasteiger partial charge in [0.05, 0.1) is 23.0 Å². The number of fused-ring (bicyclic) bond motifs is 1. The van der Waals surface area contributed by atoms with Crippen LogP contribution in [-0.2, 0) is 11.3 Å². The third-order valence-corrected chi connectivity index (χ3v) is 5.73.